The number of nitrogens with one attached hydrogen (secondary N) is 2. The van der Waals surface area contributed by atoms with Gasteiger partial charge in [0.05, 0.1) is 0 Å². The maximum absolute atomic E-state index is 12.0. The Bertz CT molecular complexity index is 319. The van der Waals surface area contributed by atoms with Gasteiger partial charge in [-0.15, -0.1) is 6.58 Å². The van der Waals surface area contributed by atoms with Gasteiger partial charge in [-0.1, -0.05) is 13.0 Å². The van der Waals surface area contributed by atoms with Gasteiger partial charge in [0.25, 0.3) is 0 Å². The Balaban J connectivity index is 2.42. The van der Waals surface area contributed by atoms with E-state index in [1.807, 2.05) is 13.0 Å². The van der Waals surface area contributed by atoms with Crippen LogP contribution >= 0.6 is 0 Å². The molecule has 0 heterocycles. The van der Waals surface area contributed by atoms with E-state index in [4.69, 9.17) is 4.74 Å². The van der Waals surface area contributed by atoms with Crippen molar-refractivity contribution in [1.29, 1.82) is 0 Å². The van der Waals surface area contributed by atoms with Crippen LogP contribution in [0.1, 0.15) is 32.6 Å². The Morgan fingerprint density at radius 3 is 2.81 bits per heavy atom. The predicted molar refractivity (Wildman–Crippen MR) is 84.0 cm³/mol. The number of methoxy groups -OCH3 is 1. The Kier molecular flexibility index (Phi) is 8.57. The Labute approximate surface area is 128 Å². The molecule has 0 bridgehead atoms. The van der Waals surface area contributed by atoms with Crippen LogP contribution in [0.2, 0.25) is 0 Å². The fraction of sp³-hybridized carbons (Fsp3) is 0.812. The van der Waals surface area contributed by atoms with Gasteiger partial charge >= 0.3 is 0 Å². The predicted octanol–water partition coefficient (Wildman–Crippen LogP) is 1.08. The molecule has 3 atom stereocenters. The summed E-state index contributed by atoms with van der Waals surface area (Å²) in [4.78, 5) is 12.0. The molecule has 5 nitrogen and oxygen atoms in total. The maximum atomic E-state index is 12.0. The van der Waals surface area contributed by atoms with Crippen LogP contribution in [0.3, 0.4) is 0 Å². The fourth-order valence-electron chi connectivity index (χ4n) is 2.18. The van der Waals surface area contributed by atoms with E-state index in [1.54, 1.807) is 7.11 Å². The SMILES string of the molecule is C=CC(C)CC(NCCCOC)C(O)C(=O)NCC1CC1. The second-order valence-electron chi connectivity index (χ2n) is 5.99. The lowest BCUT2D eigenvalue weighted by atomic mass is 9.97. The van der Waals surface area contributed by atoms with Crippen LogP contribution in [0.5, 0.6) is 0 Å². The Morgan fingerprint density at radius 1 is 1.52 bits per heavy atom. The lowest BCUT2D eigenvalue weighted by molar-refractivity contribution is -0.131. The van der Waals surface area contributed by atoms with E-state index in [0.717, 1.165) is 13.0 Å². The minimum atomic E-state index is -1.02. The van der Waals surface area contributed by atoms with Crippen molar-refractivity contribution in [3.8, 4) is 0 Å². The molecule has 1 saturated carbocycles. The number of hydrogen-bond donors (Lipinski definition) is 3. The number of carbonyl (C=O) groups excluding carboxylic acids is 1. The molecule has 3 unspecified atom stereocenters. The van der Waals surface area contributed by atoms with E-state index in [-0.39, 0.29) is 17.9 Å². The van der Waals surface area contributed by atoms with Crippen LogP contribution in [0.25, 0.3) is 0 Å². The molecule has 0 radical (unpaired) electrons. The maximum Gasteiger partial charge on any atom is 0.250 e. The number of amides is 1. The minimum Gasteiger partial charge on any atom is -0.385 e. The molecule has 0 saturated heterocycles. The summed E-state index contributed by atoms with van der Waals surface area (Å²) in [6.07, 6.45) is 4.73. The molecular weight excluding hydrogens is 268 g/mol. The molecule has 1 fully saturated rings. The number of aliphatic hydroxyl groups is 1. The molecule has 1 aliphatic carbocycles. The molecule has 3 N–H and O–H groups in total. The van der Waals surface area contributed by atoms with Crippen molar-refractivity contribution in [2.45, 2.75) is 44.8 Å². The van der Waals surface area contributed by atoms with Gasteiger partial charge in [0.1, 0.15) is 6.10 Å². The van der Waals surface area contributed by atoms with Crippen molar-refractivity contribution in [3.63, 3.8) is 0 Å². The normalized spacial score (nSPS) is 18.8. The van der Waals surface area contributed by atoms with E-state index in [2.05, 4.69) is 17.2 Å². The number of aliphatic hydroxyl groups excluding tert-OH is 1. The van der Waals surface area contributed by atoms with Crippen molar-refractivity contribution in [1.82, 2.24) is 10.6 Å². The summed E-state index contributed by atoms with van der Waals surface area (Å²) in [6, 6.07) is -0.256. The Hall–Kier alpha value is -0.910. The van der Waals surface area contributed by atoms with E-state index in [9.17, 15) is 9.90 Å². The van der Waals surface area contributed by atoms with Gasteiger partial charge in [-0.25, -0.2) is 0 Å². The standard InChI is InChI=1S/C16H30N2O3/c1-4-12(2)10-14(17-8-5-9-21-3)15(19)16(20)18-11-13-6-7-13/h4,12-15,17,19H,1,5-11H2,2-3H3,(H,18,20). The summed E-state index contributed by atoms with van der Waals surface area (Å²) in [5.41, 5.74) is 0. The lowest BCUT2D eigenvalue weighted by Crippen LogP contribution is -2.50. The molecule has 0 aromatic heterocycles. The molecule has 0 aromatic rings. The van der Waals surface area contributed by atoms with Gasteiger partial charge in [-0.05, 0) is 44.1 Å². The van der Waals surface area contributed by atoms with Crippen LogP contribution < -0.4 is 10.6 Å². The quantitative estimate of drug-likeness (QED) is 0.372. The summed E-state index contributed by atoms with van der Waals surface area (Å²) < 4.78 is 5.01. The van der Waals surface area contributed by atoms with Gasteiger partial charge in [-0.3, -0.25) is 4.79 Å². The van der Waals surface area contributed by atoms with Crippen LogP contribution in [0.15, 0.2) is 12.7 Å². The van der Waals surface area contributed by atoms with Crippen molar-refractivity contribution >= 4 is 5.91 Å². The Morgan fingerprint density at radius 2 is 2.24 bits per heavy atom. The third-order valence-electron chi connectivity index (χ3n) is 3.87. The second-order valence-corrected chi connectivity index (χ2v) is 5.99. The summed E-state index contributed by atoms with van der Waals surface area (Å²) in [5, 5.41) is 16.4. The highest BCUT2D eigenvalue weighted by Crippen LogP contribution is 2.27. The first-order chi connectivity index (χ1) is 10.1. The molecule has 21 heavy (non-hydrogen) atoms. The first-order valence-electron chi connectivity index (χ1n) is 7.89. The van der Waals surface area contributed by atoms with Crippen LogP contribution in [-0.4, -0.2) is 50.0 Å². The number of ether oxygens (including phenoxy) is 1. The van der Waals surface area contributed by atoms with Crippen molar-refractivity contribution in [2.24, 2.45) is 11.8 Å². The fourth-order valence-corrected chi connectivity index (χ4v) is 2.18. The first-order valence-corrected chi connectivity index (χ1v) is 7.89. The zero-order valence-corrected chi connectivity index (χ0v) is 13.3. The summed E-state index contributed by atoms with van der Waals surface area (Å²) >= 11 is 0. The number of carbonyl (C=O) groups is 1. The van der Waals surface area contributed by atoms with Gasteiger partial charge < -0.3 is 20.5 Å². The smallest absolute Gasteiger partial charge is 0.250 e. The van der Waals surface area contributed by atoms with E-state index < -0.39 is 6.10 Å². The molecule has 122 valence electrons. The number of allylic oxidation sites excluding steroid dienone is 1. The number of hydrogen-bond acceptors (Lipinski definition) is 4. The highest BCUT2D eigenvalue weighted by molar-refractivity contribution is 5.81. The molecule has 1 aliphatic rings. The van der Waals surface area contributed by atoms with E-state index in [1.165, 1.54) is 12.8 Å². The topological polar surface area (TPSA) is 70.6 Å². The highest BCUT2D eigenvalue weighted by Gasteiger charge is 2.28. The van der Waals surface area contributed by atoms with Gasteiger partial charge in [0.2, 0.25) is 5.91 Å². The molecule has 5 heteroatoms. The van der Waals surface area contributed by atoms with Crippen molar-refractivity contribution in [2.75, 3.05) is 26.8 Å². The van der Waals surface area contributed by atoms with Crippen LogP contribution in [0, 0.1) is 11.8 Å². The summed E-state index contributed by atoms with van der Waals surface area (Å²) in [5.74, 6) is 0.583. The second kappa shape index (κ2) is 9.92. The minimum absolute atomic E-state index is 0.246. The summed E-state index contributed by atoms with van der Waals surface area (Å²) in [6.45, 7) is 7.87. The highest BCUT2D eigenvalue weighted by atomic mass is 16.5. The van der Waals surface area contributed by atoms with E-state index >= 15 is 0 Å². The van der Waals surface area contributed by atoms with Crippen LogP contribution in [-0.2, 0) is 9.53 Å². The van der Waals surface area contributed by atoms with Gasteiger partial charge in [0.15, 0.2) is 0 Å². The molecule has 0 aliphatic heterocycles. The molecule has 1 amide bonds. The first kappa shape index (κ1) is 18.1. The third kappa shape index (κ3) is 7.60. The molecule has 0 spiro atoms. The zero-order chi connectivity index (χ0) is 15.7. The average Bonchev–Trinajstić information content (AvgIpc) is 3.31. The molecule has 0 aromatic carbocycles. The van der Waals surface area contributed by atoms with Crippen molar-refractivity contribution in [3.05, 3.63) is 12.7 Å². The number of rotatable bonds is 12. The monoisotopic (exact) mass is 298 g/mol. The molecular formula is C16H30N2O3. The van der Waals surface area contributed by atoms with Gasteiger partial charge in [0, 0.05) is 26.3 Å². The molecule has 1 rings (SSSR count). The largest absolute Gasteiger partial charge is 0.385 e. The third-order valence-corrected chi connectivity index (χ3v) is 3.87. The van der Waals surface area contributed by atoms with Crippen LogP contribution in [0.4, 0.5) is 0 Å². The van der Waals surface area contributed by atoms with Crippen molar-refractivity contribution < 1.29 is 14.6 Å². The van der Waals surface area contributed by atoms with E-state index in [0.29, 0.717) is 25.5 Å². The zero-order valence-electron chi connectivity index (χ0n) is 13.3. The van der Waals surface area contributed by atoms with Gasteiger partial charge in [-0.2, -0.15) is 0 Å². The lowest BCUT2D eigenvalue weighted by Gasteiger charge is -2.25. The summed E-state index contributed by atoms with van der Waals surface area (Å²) in [7, 11) is 1.66. The average molecular weight is 298 g/mol.